The highest BCUT2D eigenvalue weighted by atomic mass is 32.2. The van der Waals surface area contributed by atoms with Gasteiger partial charge in [-0.15, -0.1) is 0 Å². The van der Waals surface area contributed by atoms with Crippen LogP contribution >= 0.6 is 0 Å². The van der Waals surface area contributed by atoms with E-state index in [1.807, 2.05) is 0 Å². The van der Waals surface area contributed by atoms with Gasteiger partial charge in [-0.05, 0) is 37.6 Å². The van der Waals surface area contributed by atoms with Crippen LogP contribution in [0.25, 0.3) is 0 Å². The molecule has 0 bridgehead atoms. The van der Waals surface area contributed by atoms with Crippen LogP contribution in [0, 0.1) is 12.7 Å². The molecule has 1 amide bonds. The van der Waals surface area contributed by atoms with Gasteiger partial charge in [0.2, 0.25) is 15.9 Å². The Morgan fingerprint density at radius 1 is 1.30 bits per heavy atom. The van der Waals surface area contributed by atoms with Crippen LogP contribution in [0.3, 0.4) is 0 Å². The zero-order chi connectivity index (χ0) is 19.6. The average Bonchev–Trinajstić information content (AvgIpc) is 2.95. The standard InChI is InChI=1S/C17H21FN4O4S/c1-3-16(23)22-10-4-9-21(11-15(22)17-19-12(2)20-26-17)27(24,25)14-7-5-13(18)6-8-14/h5-8,15H,3-4,9-11H2,1-2H3. The normalized spacial score (nSPS) is 19.1. The minimum atomic E-state index is -3.85. The molecule has 1 aliphatic rings. The topological polar surface area (TPSA) is 96.6 Å². The fraction of sp³-hybridized carbons (Fsp3) is 0.471. The van der Waals surface area contributed by atoms with Crippen LogP contribution in [-0.4, -0.2) is 53.3 Å². The van der Waals surface area contributed by atoms with Crippen molar-refractivity contribution in [2.45, 2.75) is 37.6 Å². The average molecular weight is 396 g/mol. The molecule has 0 saturated carbocycles. The summed E-state index contributed by atoms with van der Waals surface area (Å²) in [5.41, 5.74) is 0. The number of nitrogens with zero attached hydrogens (tertiary/aromatic N) is 4. The van der Waals surface area contributed by atoms with Crippen molar-refractivity contribution in [2.75, 3.05) is 19.6 Å². The van der Waals surface area contributed by atoms with Crippen LogP contribution in [0.15, 0.2) is 33.7 Å². The first-order chi connectivity index (χ1) is 12.8. The number of hydrogen-bond acceptors (Lipinski definition) is 6. The van der Waals surface area contributed by atoms with Gasteiger partial charge in [0, 0.05) is 26.1 Å². The summed E-state index contributed by atoms with van der Waals surface area (Å²) in [4.78, 5) is 18.2. The van der Waals surface area contributed by atoms with E-state index < -0.39 is 21.9 Å². The molecule has 10 heteroatoms. The predicted molar refractivity (Wildman–Crippen MR) is 93.6 cm³/mol. The Hall–Kier alpha value is -2.33. The van der Waals surface area contributed by atoms with Gasteiger partial charge in [0.05, 0.1) is 4.90 Å². The number of benzene rings is 1. The quantitative estimate of drug-likeness (QED) is 0.783. The van der Waals surface area contributed by atoms with Crippen LogP contribution in [0.2, 0.25) is 0 Å². The molecule has 1 fully saturated rings. The molecule has 1 unspecified atom stereocenters. The van der Waals surface area contributed by atoms with Crippen molar-refractivity contribution in [3.05, 3.63) is 41.8 Å². The molecule has 0 radical (unpaired) electrons. The zero-order valence-corrected chi connectivity index (χ0v) is 15.9. The van der Waals surface area contributed by atoms with Crippen molar-refractivity contribution in [2.24, 2.45) is 0 Å². The second-order valence-electron chi connectivity index (χ2n) is 6.31. The molecule has 0 spiro atoms. The summed E-state index contributed by atoms with van der Waals surface area (Å²) in [5, 5.41) is 3.76. The molecule has 1 aromatic carbocycles. The molecule has 2 heterocycles. The number of sulfonamides is 1. The first kappa shape index (κ1) is 19.4. The lowest BCUT2D eigenvalue weighted by atomic mass is 10.2. The van der Waals surface area contributed by atoms with Gasteiger partial charge in [-0.3, -0.25) is 4.79 Å². The summed E-state index contributed by atoms with van der Waals surface area (Å²) < 4.78 is 45.7. The lowest BCUT2D eigenvalue weighted by Gasteiger charge is -2.28. The lowest BCUT2D eigenvalue weighted by molar-refractivity contribution is -0.133. The number of aromatic nitrogens is 2. The highest BCUT2D eigenvalue weighted by Crippen LogP contribution is 2.28. The van der Waals surface area contributed by atoms with Crippen molar-refractivity contribution in [1.29, 1.82) is 0 Å². The summed E-state index contributed by atoms with van der Waals surface area (Å²) in [5.74, 6) is -0.0118. The maximum absolute atomic E-state index is 13.2. The summed E-state index contributed by atoms with van der Waals surface area (Å²) in [6.07, 6.45) is 0.754. The third-order valence-electron chi connectivity index (χ3n) is 4.46. The minimum Gasteiger partial charge on any atom is -0.337 e. The number of carbonyl (C=O) groups is 1. The van der Waals surface area contributed by atoms with Crippen LogP contribution < -0.4 is 0 Å². The Kier molecular flexibility index (Phi) is 5.56. The van der Waals surface area contributed by atoms with E-state index in [0.717, 1.165) is 12.1 Å². The van der Waals surface area contributed by atoms with Crippen molar-refractivity contribution < 1.29 is 22.1 Å². The molecule has 1 aromatic heterocycles. The second kappa shape index (κ2) is 7.73. The Balaban J connectivity index is 1.96. The van der Waals surface area contributed by atoms with E-state index >= 15 is 0 Å². The summed E-state index contributed by atoms with van der Waals surface area (Å²) >= 11 is 0. The Morgan fingerprint density at radius 3 is 2.59 bits per heavy atom. The smallest absolute Gasteiger partial charge is 0.250 e. The van der Waals surface area contributed by atoms with Crippen molar-refractivity contribution in [3.8, 4) is 0 Å². The molecule has 1 aliphatic heterocycles. The minimum absolute atomic E-state index is 0.000345. The third kappa shape index (κ3) is 4.01. The van der Waals surface area contributed by atoms with E-state index in [4.69, 9.17) is 4.52 Å². The second-order valence-corrected chi connectivity index (χ2v) is 8.24. The molecule has 0 aliphatic carbocycles. The van der Waals surface area contributed by atoms with E-state index in [-0.39, 0.29) is 36.2 Å². The Labute approximate surface area is 157 Å². The van der Waals surface area contributed by atoms with Crippen LogP contribution in [0.4, 0.5) is 4.39 Å². The predicted octanol–water partition coefficient (Wildman–Crippen LogP) is 1.89. The maximum Gasteiger partial charge on any atom is 0.250 e. The van der Waals surface area contributed by atoms with E-state index in [2.05, 4.69) is 10.1 Å². The molecular weight excluding hydrogens is 375 g/mol. The van der Waals surface area contributed by atoms with Gasteiger partial charge >= 0.3 is 0 Å². The molecular formula is C17H21FN4O4S. The first-order valence-corrected chi connectivity index (χ1v) is 10.1. The fourth-order valence-corrected chi connectivity index (χ4v) is 4.58. The summed E-state index contributed by atoms with van der Waals surface area (Å²) in [6.45, 7) is 4.01. The van der Waals surface area contributed by atoms with Gasteiger partial charge < -0.3 is 9.42 Å². The van der Waals surface area contributed by atoms with Crippen LogP contribution in [0.1, 0.15) is 37.5 Å². The molecule has 2 aromatic rings. The molecule has 8 nitrogen and oxygen atoms in total. The number of halogens is 1. The van der Waals surface area contributed by atoms with Gasteiger partial charge in [0.15, 0.2) is 5.82 Å². The Morgan fingerprint density at radius 2 is 2.00 bits per heavy atom. The van der Waals surface area contributed by atoms with Crippen LogP contribution in [0.5, 0.6) is 0 Å². The number of carbonyl (C=O) groups excluding carboxylic acids is 1. The van der Waals surface area contributed by atoms with Gasteiger partial charge in [-0.25, -0.2) is 12.8 Å². The lowest BCUT2D eigenvalue weighted by Crippen LogP contribution is -2.40. The third-order valence-corrected chi connectivity index (χ3v) is 6.34. The van der Waals surface area contributed by atoms with Crippen LogP contribution in [-0.2, 0) is 14.8 Å². The number of hydrogen-bond donors (Lipinski definition) is 0. The first-order valence-electron chi connectivity index (χ1n) is 8.68. The number of aryl methyl sites for hydroxylation is 1. The van der Waals surface area contributed by atoms with E-state index in [1.165, 1.54) is 16.4 Å². The van der Waals surface area contributed by atoms with Gasteiger partial charge in [0.1, 0.15) is 11.9 Å². The summed E-state index contributed by atoms with van der Waals surface area (Å²) in [6, 6.07) is 4.01. The zero-order valence-electron chi connectivity index (χ0n) is 15.1. The highest BCUT2D eigenvalue weighted by molar-refractivity contribution is 7.89. The van der Waals surface area contributed by atoms with Crippen molar-refractivity contribution in [1.82, 2.24) is 19.3 Å². The van der Waals surface area contributed by atoms with Gasteiger partial charge in [0.25, 0.3) is 5.89 Å². The van der Waals surface area contributed by atoms with E-state index in [9.17, 15) is 17.6 Å². The summed E-state index contributed by atoms with van der Waals surface area (Å²) in [7, 11) is -3.85. The van der Waals surface area contributed by atoms with E-state index in [0.29, 0.717) is 18.8 Å². The molecule has 3 rings (SSSR count). The molecule has 1 saturated heterocycles. The largest absolute Gasteiger partial charge is 0.337 e. The van der Waals surface area contributed by atoms with Gasteiger partial charge in [-0.2, -0.15) is 9.29 Å². The molecule has 0 N–H and O–H groups in total. The van der Waals surface area contributed by atoms with Crippen molar-refractivity contribution >= 4 is 15.9 Å². The molecule has 1 atom stereocenters. The SMILES string of the molecule is CCC(=O)N1CCCN(S(=O)(=O)c2ccc(F)cc2)CC1c1nc(C)no1. The molecule has 146 valence electrons. The van der Waals surface area contributed by atoms with Gasteiger partial charge in [-0.1, -0.05) is 12.1 Å². The number of amides is 1. The fourth-order valence-electron chi connectivity index (χ4n) is 3.09. The molecule has 27 heavy (non-hydrogen) atoms. The monoisotopic (exact) mass is 396 g/mol. The number of rotatable bonds is 4. The van der Waals surface area contributed by atoms with E-state index in [1.54, 1.807) is 18.7 Å². The maximum atomic E-state index is 13.2. The highest BCUT2D eigenvalue weighted by Gasteiger charge is 2.37. The Bertz CT molecular complexity index is 913. The van der Waals surface area contributed by atoms with Crippen molar-refractivity contribution in [3.63, 3.8) is 0 Å².